The van der Waals surface area contributed by atoms with Crippen LogP contribution in [0, 0.1) is 5.41 Å². The van der Waals surface area contributed by atoms with Crippen LogP contribution < -0.4 is 14.5 Å². The molecule has 2 aliphatic rings. The van der Waals surface area contributed by atoms with Crippen molar-refractivity contribution in [2.45, 2.75) is 30.5 Å². The molecule has 8 nitrogen and oxygen atoms in total. The van der Waals surface area contributed by atoms with Crippen molar-refractivity contribution in [3.05, 3.63) is 42.6 Å². The van der Waals surface area contributed by atoms with E-state index in [-0.39, 0.29) is 29.2 Å². The maximum atomic E-state index is 13.4. The zero-order valence-corrected chi connectivity index (χ0v) is 20.2. The number of sulfonamides is 1. The number of likely N-dealkylation sites (N-methyl/N-ethyl adjacent to an activating group) is 1. The highest BCUT2D eigenvalue weighted by Crippen LogP contribution is 2.43. The summed E-state index contributed by atoms with van der Waals surface area (Å²) >= 11 is 0. The molecule has 12 heteroatoms. The molecule has 2 aliphatic heterocycles. The largest absolute Gasteiger partial charge is 0.573 e. The van der Waals surface area contributed by atoms with E-state index in [9.17, 15) is 26.7 Å². The van der Waals surface area contributed by atoms with Crippen LogP contribution in [0.5, 0.6) is 5.75 Å². The Hall–Kier alpha value is -2.57. The number of pyridine rings is 1. The summed E-state index contributed by atoms with van der Waals surface area (Å²) in [6, 6.07) is 8.98. The Morgan fingerprint density at radius 3 is 2.40 bits per heavy atom. The van der Waals surface area contributed by atoms with Crippen molar-refractivity contribution in [2.75, 3.05) is 56.2 Å². The van der Waals surface area contributed by atoms with Gasteiger partial charge in [0.1, 0.15) is 16.5 Å². The number of alkyl halides is 3. The summed E-state index contributed by atoms with van der Waals surface area (Å²) in [6.45, 7) is 2.39. The molecule has 1 N–H and O–H groups in total. The predicted molar refractivity (Wildman–Crippen MR) is 125 cm³/mol. The average molecular weight is 515 g/mol. The normalized spacial score (nSPS) is 18.7. The van der Waals surface area contributed by atoms with Gasteiger partial charge < -0.3 is 19.6 Å². The zero-order valence-electron chi connectivity index (χ0n) is 19.4. The summed E-state index contributed by atoms with van der Waals surface area (Å²) < 4.78 is 69.5. The molecular weight excluding hydrogens is 485 g/mol. The molecule has 0 bridgehead atoms. The number of benzene rings is 1. The summed E-state index contributed by atoms with van der Waals surface area (Å²) in [6.07, 6.45) is -0.917. The van der Waals surface area contributed by atoms with Crippen molar-refractivity contribution >= 4 is 21.5 Å². The molecule has 0 unspecified atom stereocenters. The lowest BCUT2D eigenvalue weighted by molar-refractivity contribution is -0.274. The van der Waals surface area contributed by atoms with Crippen LogP contribution in [-0.2, 0) is 10.0 Å². The van der Waals surface area contributed by atoms with Crippen LogP contribution in [0.2, 0.25) is 0 Å². The van der Waals surface area contributed by atoms with Gasteiger partial charge in [-0.2, -0.15) is 4.31 Å². The van der Waals surface area contributed by atoms with Gasteiger partial charge in [-0.3, -0.25) is 0 Å². The molecule has 0 aliphatic carbocycles. The molecule has 2 fully saturated rings. The Bertz CT molecular complexity index is 1120. The molecule has 0 atom stereocenters. The van der Waals surface area contributed by atoms with Gasteiger partial charge in [-0.1, -0.05) is 0 Å². The van der Waals surface area contributed by atoms with E-state index in [0.717, 1.165) is 25.2 Å². The van der Waals surface area contributed by atoms with Gasteiger partial charge in [-0.05, 0) is 61.1 Å². The van der Waals surface area contributed by atoms with Gasteiger partial charge in [0.05, 0.1) is 6.61 Å². The highest BCUT2D eigenvalue weighted by atomic mass is 32.2. The number of aliphatic hydroxyl groups excluding tert-OH is 1. The van der Waals surface area contributed by atoms with E-state index in [2.05, 4.69) is 14.6 Å². The van der Waals surface area contributed by atoms with E-state index in [4.69, 9.17) is 0 Å². The van der Waals surface area contributed by atoms with E-state index in [1.165, 1.54) is 22.6 Å². The number of aromatic nitrogens is 1. The Morgan fingerprint density at radius 2 is 1.77 bits per heavy atom. The Morgan fingerprint density at radius 1 is 1.11 bits per heavy atom. The summed E-state index contributed by atoms with van der Waals surface area (Å²) in [5.74, 6) is 0.0555. The average Bonchev–Trinajstić information content (AvgIpc) is 3.22. The fourth-order valence-corrected chi connectivity index (χ4v) is 6.52. The van der Waals surface area contributed by atoms with Crippen molar-refractivity contribution in [3.63, 3.8) is 0 Å². The van der Waals surface area contributed by atoms with Crippen molar-refractivity contribution in [1.29, 1.82) is 0 Å². The minimum absolute atomic E-state index is 0.0430. The fraction of sp³-hybridized carbons (Fsp3) is 0.522. The van der Waals surface area contributed by atoms with E-state index in [0.29, 0.717) is 31.7 Å². The minimum Gasteiger partial charge on any atom is -0.406 e. The Balaban J connectivity index is 1.41. The molecule has 0 amide bonds. The number of anilines is 2. The van der Waals surface area contributed by atoms with Gasteiger partial charge >= 0.3 is 6.36 Å². The molecule has 192 valence electrons. The highest BCUT2D eigenvalue weighted by molar-refractivity contribution is 7.89. The van der Waals surface area contributed by atoms with Crippen molar-refractivity contribution in [2.24, 2.45) is 5.41 Å². The first-order valence-corrected chi connectivity index (χ1v) is 12.8. The van der Waals surface area contributed by atoms with E-state index in [1.54, 1.807) is 36.2 Å². The summed E-state index contributed by atoms with van der Waals surface area (Å²) in [5, 5.41) is 9.24. The lowest BCUT2D eigenvalue weighted by Crippen LogP contribution is -2.44. The van der Waals surface area contributed by atoms with Gasteiger partial charge in [0, 0.05) is 51.7 Å². The molecule has 0 saturated carbocycles. The second kappa shape index (κ2) is 9.82. The molecule has 1 spiro atoms. The molecule has 1 aromatic heterocycles. The number of hydrogen-bond donors (Lipinski definition) is 1. The van der Waals surface area contributed by atoms with Crippen LogP contribution in [0.1, 0.15) is 19.3 Å². The van der Waals surface area contributed by atoms with Gasteiger partial charge in [0.2, 0.25) is 10.0 Å². The quantitative estimate of drug-likeness (QED) is 0.608. The molecule has 1 aromatic carbocycles. The van der Waals surface area contributed by atoms with Crippen LogP contribution in [0.25, 0.3) is 0 Å². The number of nitrogens with zero attached hydrogens (tertiary/aromatic N) is 4. The zero-order chi connectivity index (χ0) is 25.3. The highest BCUT2D eigenvalue weighted by Gasteiger charge is 2.43. The summed E-state index contributed by atoms with van der Waals surface area (Å²) in [7, 11) is -2.07. The molecule has 0 radical (unpaired) electrons. The monoisotopic (exact) mass is 514 g/mol. The maximum Gasteiger partial charge on any atom is 0.573 e. The van der Waals surface area contributed by atoms with E-state index >= 15 is 0 Å². The third-order valence-electron chi connectivity index (χ3n) is 6.82. The van der Waals surface area contributed by atoms with E-state index < -0.39 is 16.4 Å². The third kappa shape index (κ3) is 5.65. The van der Waals surface area contributed by atoms with Crippen LogP contribution >= 0.6 is 0 Å². The fourth-order valence-electron chi connectivity index (χ4n) is 4.89. The number of rotatable bonds is 7. The molecular formula is C23H29F3N4O4S. The Labute approximate surface area is 203 Å². The SMILES string of the molecule is CN(CCO)c1ncccc1S(=O)(=O)N1CCC2(CCN(c3ccc(OC(F)(F)F)cc3)C2)CC1. The first-order valence-electron chi connectivity index (χ1n) is 11.4. The number of halogens is 3. The van der Waals surface area contributed by atoms with Crippen LogP contribution in [-0.4, -0.2) is 75.6 Å². The standard InChI is InChI=1S/C23H29F3N4O4S/c1-28(15-16-31)21-20(3-2-11-27-21)35(32,33)30-13-9-22(10-14-30)8-12-29(17-22)18-4-6-19(7-5-18)34-23(24,25)26/h2-7,11,31H,8-10,12-17H2,1H3. The van der Waals surface area contributed by atoms with Crippen molar-refractivity contribution < 1.29 is 31.4 Å². The summed E-state index contributed by atoms with van der Waals surface area (Å²) in [5.41, 5.74) is 0.775. The number of hydrogen-bond acceptors (Lipinski definition) is 7. The number of piperidine rings is 1. The minimum atomic E-state index is -4.72. The lowest BCUT2D eigenvalue weighted by Gasteiger charge is -2.39. The van der Waals surface area contributed by atoms with Gasteiger partial charge in [0.15, 0.2) is 0 Å². The first kappa shape index (κ1) is 25.5. The van der Waals surface area contributed by atoms with Crippen LogP contribution in [0.3, 0.4) is 0 Å². The number of aliphatic hydroxyl groups is 1. The molecule has 3 heterocycles. The molecule has 2 saturated heterocycles. The van der Waals surface area contributed by atoms with Gasteiger partial charge in [0.25, 0.3) is 0 Å². The van der Waals surface area contributed by atoms with Crippen LogP contribution in [0.15, 0.2) is 47.5 Å². The smallest absolute Gasteiger partial charge is 0.406 e. The second-order valence-corrected chi connectivity index (χ2v) is 11.0. The molecule has 35 heavy (non-hydrogen) atoms. The van der Waals surface area contributed by atoms with E-state index in [1.807, 2.05) is 0 Å². The summed E-state index contributed by atoms with van der Waals surface area (Å²) in [4.78, 5) is 8.11. The second-order valence-electron chi connectivity index (χ2n) is 9.09. The van der Waals surface area contributed by atoms with Crippen molar-refractivity contribution in [1.82, 2.24) is 9.29 Å². The third-order valence-corrected chi connectivity index (χ3v) is 8.74. The lowest BCUT2D eigenvalue weighted by atomic mass is 9.78. The predicted octanol–water partition coefficient (Wildman–Crippen LogP) is 3.09. The molecule has 2 aromatic rings. The Kier molecular flexibility index (Phi) is 7.16. The first-order chi connectivity index (χ1) is 16.5. The topological polar surface area (TPSA) is 86.2 Å². The number of ether oxygens (including phenoxy) is 1. The van der Waals surface area contributed by atoms with Gasteiger partial charge in [-0.15, -0.1) is 13.2 Å². The molecule has 4 rings (SSSR count). The van der Waals surface area contributed by atoms with Gasteiger partial charge in [-0.25, -0.2) is 13.4 Å². The van der Waals surface area contributed by atoms with Crippen LogP contribution in [0.4, 0.5) is 24.7 Å². The maximum absolute atomic E-state index is 13.4. The van der Waals surface area contributed by atoms with Crippen molar-refractivity contribution in [3.8, 4) is 5.75 Å².